The number of carbonyl (C=O) groups excluding carboxylic acids is 1. The van der Waals surface area contributed by atoms with Crippen molar-refractivity contribution in [3.8, 4) is 0 Å². The fraction of sp³-hybridized carbons (Fsp3) is 0.909. The van der Waals surface area contributed by atoms with Gasteiger partial charge in [0.2, 0.25) is 5.91 Å². The molecule has 1 aliphatic carbocycles. The highest BCUT2D eigenvalue weighted by atomic mass is 16.2. The molecule has 14 heavy (non-hydrogen) atoms. The van der Waals surface area contributed by atoms with Crippen LogP contribution in [-0.4, -0.2) is 24.0 Å². The molecule has 82 valence electrons. The molecular weight excluding hydrogens is 176 g/mol. The predicted octanol–water partition coefficient (Wildman–Crippen LogP) is 1.29. The number of hydrogen-bond donors (Lipinski definition) is 2. The fourth-order valence-electron chi connectivity index (χ4n) is 1.87. The average molecular weight is 198 g/mol. The minimum atomic E-state index is -0.0921. The van der Waals surface area contributed by atoms with Crippen molar-refractivity contribution < 1.29 is 4.79 Å². The quantitative estimate of drug-likeness (QED) is 0.699. The highest BCUT2D eigenvalue weighted by Gasteiger charge is 2.38. The van der Waals surface area contributed by atoms with Crippen molar-refractivity contribution in [1.29, 1.82) is 0 Å². The molecule has 1 aliphatic rings. The van der Waals surface area contributed by atoms with Gasteiger partial charge < -0.3 is 10.6 Å². The Morgan fingerprint density at radius 3 is 2.50 bits per heavy atom. The van der Waals surface area contributed by atoms with Crippen LogP contribution in [0.2, 0.25) is 0 Å². The van der Waals surface area contributed by atoms with E-state index in [1.54, 1.807) is 0 Å². The third-order valence-electron chi connectivity index (χ3n) is 2.93. The second kappa shape index (κ2) is 4.30. The molecular formula is C11H22N2O. The Morgan fingerprint density at radius 2 is 2.07 bits per heavy atom. The highest BCUT2D eigenvalue weighted by Crippen LogP contribution is 2.39. The second-order valence-corrected chi connectivity index (χ2v) is 4.76. The number of nitrogens with one attached hydrogen (secondary N) is 2. The van der Waals surface area contributed by atoms with Crippen LogP contribution in [0.4, 0.5) is 0 Å². The van der Waals surface area contributed by atoms with Crippen LogP contribution in [0.1, 0.15) is 40.5 Å². The largest absolute Gasteiger partial charge is 0.355 e. The molecule has 0 bridgehead atoms. The summed E-state index contributed by atoms with van der Waals surface area (Å²) in [4.78, 5) is 11.5. The maximum Gasteiger partial charge on any atom is 0.236 e. The fourth-order valence-corrected chi connectivity index (χ4v) is 1.87. The molecule has 0 heterocycles. The summed E-state index contributed by atoms with van der Waals surface area (Å²) in [5, 5.41) is 6.22. The van der Waals surface area contributed by atoms with E-state index in [1.807, 2.05) is 13.8 Å². The maximum absolute atomic E-state index is 11.5. The van der Waals surface area contributed by atoms with Crippen molar-refractivity contribution in [3.63, 3.8) is 0 Å². The number of carbonyl (C=O) groups is 1. The van der Waals surface area contributed by atoms with Gasteiger partial charge in [0.1, 0.15) is 0 Å². The molecule has 3 nitrogen and oxygen atoms in total. The van der Waals surface area contributed by atoms with E-state index in [2.05, 4.69) is 24.5 Å². The van der Waals surface area contributed by atoms with Crippen LogP contribution in [0.25, 0.3) is 0 Å². The smallest absolute Gasteiger partial charge is 0.236 e. The summed E-state index contributed by atoms with van der Waals surface area (Å²) in [6.45, 7) is 8.93. The third-order valence-corrected chi connectivity index (χ3v) is 2.93. The van der Waals surface area contributed by atoms with E-state index in [4.69, 9.17) is 0 Å². The second-order valence-electron chi connectivity index (χ2n) is 4.76. The van der Waals surface area contributed by atoms with Crippen LogP contribution >= 0.6 is 0 Å². The monoisotopic (exact) mass is 198 g/mol. The van der Waals surface area contributed by atoms with Gasteiger partial charge >= 0.3 is 0 Å². The zero-order valence-electron chi connectivity index (χ0n) is 9.68. The number of likely N-dealkylation sites (N-methyl/N-ethyl adjacent to an activating group) is 1. The SMILES string of the molecule is CCNC(=O)C(C)NC(C)(C)C1CC1. The van der Waals surface area contributed by atoms with E-state index in [0.29, 0.717) is 6.54 Å². The molecule has 0 spiro atoms. The van der Waals surface area contributed by atoms with Gasteiger partial charge in [-0.2, -0.15) is 0 Å². The summed E-state index contributed by atoms with van der Waals surface area (Å²) in [6.07, 6.45) is 2.59. The van der Waals surface area contributed by atoms with E-state index in [-0.39, 0.29) is 17.5 Å². The Balaban J connectivity index is 2.38. The minimum absolute atomic E-state index is 0.0921. The number of hydrogen-bond acceptors (Lipinski definition) is 2. The van der Waals surface area contributed by atoms with Crippen molar-refractivity contribution in [2.75, 3.05) is 6.54 Å². The maximum atomic E-state index is 11.5. The van der Waals surface area contributed by atoms with E-state index in [1.165, 1.54) is 12.8 Å². The van der Waals surface area contributed by atoms with Crippen LogP contribution in [0.15, 0.2) is 0 Å². The Morgan fingerprint density at radius 1 is 1.50 bits per heavy atom. The third kappa shape index (κ3) is 2.98. The van der Waals surface area contributed by atoms with Gasteiger partial charge in [0, 0.05) is 12.1 Å². The first kappa shape index (κ1) is 11.5. The summed E-state index contributed by atoms with van der Waals surface area (Å²) in [5.74, 6) is 0.848. The lowest BCUT2D eigenvalue weighted by molar-refractivity contribution is -0.123. The lowest BCUT2D eigenvalue weighted by Crippen LogP contribution is -2.52. The normalized spacial score (nSPS) is 19.1. The number of rotatable bonds is 5. The first-order chi connectivity index (χ1) is 6.47. The van der Waals surface area contributed by atoms with Gasteiger partial charge in [-0.3, -0.25) is 4.79 Å². The summed E-state index contributed by atoms with van der Waals surface area (Å²) >= 11 is 0. The average Bonchev–Trinajstić information content (AvgIpc) is 2.85. The molecule has 1 fully saturated rings. The van der Waals surface area contributed by atoms with E-state index in [9.17, 15) is 4.79 Å². The van der Waals surface area contributed by atoms with E-state index in [0.717, 1.165) is 5.92 Å². The van der Waals surface area contributed by atoms with Gasteiger partial charge in [0.25, 0.3) is 0 Å². The van der Waals surface area contributed by atoms with E-state index >= 15 is 0 Å². The standard InChI is InChI=1S/C11H22N2O/c1-5-12-10(14)8(2)13-11(3,4)9-6-7-9/h8-9,13H,5-7H2,1-4H3,(H,12,14). The molecule has 0 aliphatic heterocycles. The molecule has 2 N–H and O–H groups in total. The molecule has 0 aromatic carbocycles. The first-order valence-electron chi connectivity index (χ1n) is 5.52. The molecule has 0 aromatic rings. The van der Waals surface area contributed by atoms with Crippen LogP contribution < -0.4 is 10.6 Å². The molecule has 1 unspecified atom stereocenters. The van der Waals surface area contributed by atoms with Gasteiger partial charge in [0.05, 0.1) is 6.04 Å². The van der Waals surface area contributed by atoms with Crippen molar-refractivity contribution in [2.24, 2.45) is 5.92 Å². The Kier molecular flexibility index (Phi) is 3.53. The van der Waals surface area contributed by atoms with Gasteiger partial charge in [-0.15, -0.1) is 0 Å². The van der Waals surface area contributed by atoms with Crippen LogP contribution in [0.5, 0.6) is 0 Å². The Hall–Kier alpha value is -0.570. The molecule has 0 radical (unpaired) electrons. The predicted molar refractivity (Wildman–Crippen MR) is 58.1 cm³/mol. The summed E-state index contributed by atoms with van der Waals surface area (Å²) in [5.41, 5.74) is 0.102. The molecule has 3 heteroatoms. The first-order valence-corrected chi connectivity index (χ1v) is 5.52. The molecule has 1 rings (SSSR count). The van der Waals surface area contributed by atoms with Crippen molar-refractivity contribution in [1.82, 2.24) is 10.6 Å². The molecule has 0 saturated heterocycles. The molecule has 1 saturated carbocycles. The summed E-state index contributed by atoms with van der Waals surface area (Å²) in [7, 11) is 0. The van der Waals surface area contributed by atoms with Gasteiger partial charge in [-0.1, -0.05) is 0 Å². The van der Waals surface area contributed by atoms with Gasteiger partial charge in [-0.25, -0.2) is 0 Å². The lowest BCUT2D eigenvalue weighted by atomic mass is 9.97. The van der Waals surface area contributed by atoms with Gasteiger partial charge in [0.15, 0.2) is 0 Å². The number of amides is 1. The van der Waals surface area contributed by atoms with Gasteiger partial charge in [-0.05, 0) is 46.5 Å². The van der Waals surface area contributed by atoms with Crippen molar-refractivity contribution in [2.45, 2.75) is 52.1 Å². The van der Waals surface area contributed by atoms with E-state index < -0.39 is 0 Å². The van der Waals surface area contributed by atoms with Crippen LogP contribution in [0.3, 0.4) is 0 Å². The zero-order chi connectivity index (χ0) is 10.8. The Bertz CT molecular complexity index is 209. The summed E-state index contributed by atoms with van der Waals surface area (Å²) in [6, 6.07) is -0.0921. The zero-order valence-corrected chi connectivity index (χ0v) is 9.68. The van der Waals surface area contributed by atoms with Crippen LogP contribution in [-0.2, 0) is 4.79 Å². The Labute approximate surface area is 86.6 Å². The molecule has 1 atom stereocenters. The van der Waals surface area contributed by atoms with Crippen molar-refractivity contribution in [3.05, 3.63) is 0 Å². The molecule has 0 aromatic heterocycles. The van der Waals surface area contributed by atoms with Crippen molar-refractivity contribution >= 4 is 5.91 Å². The highest BCUT2D eigenvalue weighted by molar-refractivity contribution is 5.81. The lowest BCUT2D eigenvalue weighted by Gasteiger charge is -2.29. The molecule has 1 amide bonds. The van der Waals surface area contributed by atoms with Crippen LogP contribution in [0, 0.1) is 5.92 Å². The summed E-state index contributed by atoms with van der Waals surface area (Å²) < 4.78 is 0. The topological polar surface area (TPSA) is 41.1 Å². The minimum Gasteiger partial charge on any atom is -0.355 e.